The lowest BCUT2D eigenvalue weighted by atomic mass is 10.2. The predicted molar refractivity (Wildman–Crippen MR) is 69.5 cm³/mol. The van der Waals surface area contributed by atoms with Crippen LogP contribution in [0.15, 0.2) is 18.2 Å². The maximum absolute atomic E-state index is 10.8. The molecule has 0 bridgehead atoms. The van der Waals surface area contributed by atoms with Crippen molar-refractivity contribution in [3.63, 3.8) is 0 Å². The SMILES string of the molecule is CCC(SCc1ccc(Cl)c(Cl)c1)C(=O)O. The molecule has 0 aliphatic heterocycles. The first-order valence-corrected chi connectivity index (χ1v) is 6.63. The van der Waals surface area contributed by atoms with Crippen molar-refractivity contribution in [2.45, 2.75) is 24.3 Å². The number of carboxylic acid groups (broad SMARTS) is 1. The molecule has 0 radical (unpaired) electrons. The van der Waals surface area contributed by atoms with Crippen molar-refractivity contribution >= 4 is 40.9 Å². The van der Waals surface area contributed by atoms with Crippen LogP contribution in [0.2, 0.25) is 10.0 Å². The first kappa shape index (κ1) is 13.7. The van der Waals surface area contributed by atoms with E-state index in [0.717, 1.165) is 5.56 Å². The highest BCUT2D eigenvalue weighted by molar-refractivity contribution is 7.99. The summed E-state index contributed by atoms with van der Waals surface area (Å²) in [4.78, 5) is 10.8. The van der Waals surface area contributed by atoms with Gasteiger partial charge < -0.3 is 5.11 Å². The minimum atomic E-state index is -0.771. The summed E-state index contributed by atoms with van der Waals surface area (Å²) < 4.78 is 0. The lowest BCUT2D eigenvalue weighted by molar-refractivity contribution is -0.136. The fourth-order valence-corrected chi connectivity index (χ4v) is 2.46. The molecule has 0 spiro atoms. The van der Waals surface area contributed by atoms with Gasteiger partial charge in [-0.1, -0.05) is 36.2 Å². The molecule has 1 unspecified atom stereocenters. The summed E-state index contributed by atoms with van der Waals surface area (Å²) in [6, 6.07) is 5.35. The molecule has 1 N–H and O–H groups in total. The van der Waals surface area contributed by atoms with Gasteiger partial charge in [0.05, 0.1) is 10.0 Å². The smallest absolute Gasteiger partial charge is 0.316 e. The van der Waals surface area contributed by atoms with Crippen LogP contribution >= 0.6 is 35.0 Å². The Morgan fingerprint density at radius 1 is 1.44 bits per heavy atom. The molecule has 0 aromatic heterocycles. The van der Waals surface area contributed by atoms with Crippen molar-refractivity contribution in [3.05, 3.63) is 33.8 Å². The van der Waals surface area contributed by atoms with Gasteiger partial charge in [-0.2, -0.15) is 0 Å². The van der Waals surface area contributed by atoms with Gasteiger partial charge in [0.25, 0.3) is 0 Å². The molecular weight excluding hydrogens is 267 g/mol. The van der Waals surface area contributed by atoms with E-state index in [0.29, 0.717) is 22.2 Å². The third kappa shape index (κ3) is 3.89. The minimum Gasteiger partial charge on any atom is -0.480 e. The van der Waals surface area contributed by atoms with Crippen molar-refractivity contribution in [1.29, 1.82) is 0 Å². The molecular formula is C11H12Cl2O2S. The molecule has 0 saturated heterocycles. The van der Waals surface area contributed by atoms with E-state index in [2.05, 4.69) is 0 Å². The molecule has 0 aliphatic carbocycles. The standard InChI is InChI=1S/C11H12Cl2O2S/c1-2-10(11(14)15)16-6-7-3-4-8(12)9(13)5-7/h3-5,10H,2,6H2,1H3,(H,14,15). The Bertz CT molecular complexity index is 382. The van der Waals surface area contributed by atoms with Crippen LogP contribution in [0.3, 0.4) is 0 Å². The van der Waals surface area contributed by atoms with Gasteiger partial charge in [0, 0.05) is 5.75 Å². The number of carbonyl (C=O) groups is 1. The topological polar surface area (TPSA) is 37.3 Å². The second-order valence-electron chi connectivity index (χ2n) is 3.29. The zero-order chi connectivity index (χ0) is 12.1. The van der Waals surface area contributed by atoms with Crippen molar-refractivity contribution in [2.75, 3.05) is 0 Å². The molecule has 0 fully saturated rings. The zero-order valence-electron chi connectivity index (χ0n) is 8.74. The molecule has 2 nitrogen and oxygen atoms in total. The number of halogens is 2. The number of rotatable bonds is 5. The van der Waals surface area contributed by atoms with Crippen molar-refractivity contribution in [2.24, 2.45) is 0 Å². The normalized spacial score (nSPS) is 12.4. The van der Waals surface area contributed by atoms with Crippen LogP contribution in [0.4, 0.5) is 0 Å². The second-order valence-corrected chi connectivity index (χ2v) is 5.30. The summed E-state index contributed by atoms with van der Waals surface area (Å²) in [5, 5.41) is 9.53. The largest absolute Gasteiger partial charge is 0.480 e. The maximum Gasteiger partial charge on any atom is 0.316 e. The summed E-state index contributed by atoms with van der Waals surface area (Å²) in [6.45, 7) is 1.86. The first-order chi connectivity index (χ1) is 7.54. The van der Waals surface area contributed by atoms with E-state index >= 15 is 0 Å². The maximum atomic E-state index is 10.8. The van der Waals surface area contributed by atoms with Gasteiger partial charge in [0.1, 0.15) is 5.25 Å². The third-order valence-electron chi connectivity index (χ3n) is 2.08. The summed E-state index contributed by atoms with van der Waals surface area (Å²) >= 11 is 13.1. The van der Waals surface area contributed by atoms with Gasteiger partial charge in [0.15, 0.2) is 0 Å². The highest BCUT2D eigenvalue weighted by Gasteiger charge is 2.15. The molecule has 0 amide bonds. The highest BCUT2D eigenvalue weighted by Crippen LogP contribution is 2.26. The molecule has 1 rings (SSSR count). The first-order valence-electron chi connectivity index (χ1n) is 4.83. The average Bonchev–Trinajstić information content (AvgIpc) is 2.23. The minimum absolute atomic E-state index is 0.366. The molecule has 1 aromatic rings. The Labute approximate surface area is 109 Å². The summed E-state index contributed by atoms with van der Waals surface area (Å²) in [5.41, 5.74) is 0.985. The van der Waals surface area contributed by atoms with Crippen LogP contribution < -0.4 is 0 Å². The predicted octanol–water partition coefficient (Wildman–Crippen LogP) is 4.09. The Hall–Kier alpha value is -0.380. The van der Waals surface area contributed by atoms with E-state index in [1.165, 1.54) is 11.8 Å². The van der Waals surface area contributed by atoms with Gasteiger partial charge in [-0.05, 0) is 24.1 Å². The Balaban J connectivity index is 2.60. The van der Waals surface area contributed by atoms with E-state index in [9.17, 15) is 4.79 Å². The highest BCUT2D eigenvalue weighted by atomic mass is 35.5. The number of thioether (sulfide) groups is 1. The van der Waals surface area contributed by atoms with Gasteiger partial charge in [-0.15, -0.1) is 11.8 Å². The van der Waals surface area contributed by atoms with Crippen molar-refractivity contribution in [3.8, 4) is 0 Å². The fraction of sp³-hybridized carbons (Fsp3) is 0.364. The molecule has 88 valence electrons. The lowest BCUT2D eigenvalue weighted by Gasteiger charge is -2.09. The quantitative estimate of drug-likeness (QED) is 0.882. The summed E-state index contributed by atoms with van der Waals surface area (Å²) in [5.74, 6) is -0.144. The lowest BCUT2D eigenvalue weighted by Crippen LogP contribution is -2.15. The summed E-state index contributed by atoms with van der Waals surface area (Å²) in [6.07, 6.45) is 0.612. The van der Waals surface area contributed by atoms with Gasteiger partial charge >= 0.3 is 5.97 Å². The number of hydrogen-bond donors (Lipinski definition) is 1. The molecule has 0 aliphatic rings. The number of benzene rings is 1. The Morgan fingerprint density at radius 3 is 2.62 bits per heavy atom. The molecule has 16 heavy (non-hydrogen) atoms. The Morgan fingerprint density at radius 2 is 2.12 bits per heavy atom. The van der Waals surface area contributed by atoms with Gasteiger partial charge in [-0.3, -0.25) is 4.79 Å². The van der Waals surface area contributed by atoms with E-state index in [4.69, 9.17) is 28.3 Å². The number of carboxylic acids is 1. The number of hydrogen-bond acceptors (Lipinski definition) is 2. The van der Waals surface area contributed by atoms with E-state index in [1.807, 2.05) is 13.0 Å². The molecule has 0 saturated carbocycles. The van der Waals surface area contributed by atoms with Crippen molar-refractivity contribution < 1.29 is 9.90 Å². The van der Waals surface area contributed by atoms with E-state index in [-0.39, 0.29) is 5.25 Å². The monoisotopic (exact) mass is 278 g/mol. The molecule has 0 heterocycles. The van der Waals surface area contributed by atoms with E-state index in [1.54, 1.807) is 12.1 Å². The second kappa shape index (κ2) is 6.38. The molecule has 5 heteroatoms. The van der Waals surface area contributed by atoms with Crippen molar-refractivity contribution in [1.82, 2.24) is 0 Å². The molecule has 1 aromatic carbocycles. The van der Waals surface area contributed by atoms with Crippen LogP contribution in [0.25, 0.3) is 0 Å². The van der Waals surface area contributed by atoms with Crippen LogP contribution in [-0.4, -0.2) is 16.3 Å². The third-order valence-corrected chi connectivity index (χ3v) is 4.26. The number of aliphatic carboxylic acids is 1. The van der Waals surface area contributed by atoms with E-state index < -0.39 is 5.97 Å². The zero-order valence-corrected chi connectivity index (χ0v) is 11.1. The van der Waals surface area contributed by atoms with Crippen LogP contribution in [0, 0.1) is 0 Å². The van der Waals surface area contributed by atoms with Gasteiger partial charge in [-0.25, -0.2) is 0 Å². The van der Waals surface area contributed by atoms with Gasteiger partial charge in [0.2, 0.25) is 0 Å². The molecule has 1 atom stereocenters. The van der Waals surface area contributed by atoms with Crippen LogP contribution in [0.5, 0.6) is 0 Å². The van der Waals surface area contributed by atoms with Crippen LogP contribution in [0.1, 0.15) is 18.9 Å². The Kier molecular flexibility index (Phi) is 5.46. The summed E-state index contributed by atoms with van der Waals surface area (Å²) in [7, 11) is 0. The fourth-order valence-electron chi connectivity index (χ4n) is 1.19. The van der Waals surface area contributed by atoms with Crippen LogP contribution in [-0.2, 0) is 10.5 Å². The average molecular weight is 279 g/mol.